The molecule has 1 aliphatic rings. The predicted molar refractivity (Wildman–Crippen MR) is 79.5 cm³/mol. The third-order valence-electron chi connectivity index (χ3n) is 3.05. The number of hydrogen-bond donors (Lipinski definition) is 1. The highest BCUT2D eigenvalue weighted by Crippen LogP contribution is 2.31. The van der Waals surface area contributed by atoms with Gasteiger partial charge in [-0.3, -0.25) is 0 Å². The largest absolute Gasteiger partial charge is 0.492 e. The van der Waals surface area contributed by atoms with Crippen molar-refractivity contribution in [1.82, 2.24) is 5.32 Å². The molecule has 0 bridgehead atoms. The lowest BCUT2D eigenvalue weighted by atomic mass is 10.0. The lowest BCUT2D eigenvalue weighted by Gasteiger charge is -2.23. The summed E-state index contributed by atoms with van der Waals surface area (Å²) in [5.41, 5.74) is 0. The van der Waals surface area contributed by atoms with Gasteiger partial charge in [-0.05, 0) is 37.9 Å². The first-order valence-corrected chi connectivity index (χ1v) is 6.83. The molecule has 1 saturated heterocycles. The van der Waals surface area contributed by atoms with Gasteiger partial charge in [-0.15, -0.1) is 12.4 Å². The third kappa shape index (κ3) is 4.51. The summed E-state index contributed by atoms with van der Waals surface area (Å²) in [4.78, 5) is 0. The van der Waals surface area contributed by atoms with E-state index in [1.165, 1.54) is 19.3 Å². The fraction of sp³-hybridized carbons (Fsp3) is 0.538. The Hall–Kier alpha value is -0.150. The van der Waals surface area contributed by atoms with Gasteiger partial charge in [0.15, 0.2) is 0 Å². The third-order valence-corrected chi connectivity index (χ3v) is 3.85. The van der Waals surface area contributed by atoms with Crippen LogP contribution < -0.4 is 10.1 Å². The molecule has 1 N–H and O–H groups in total. The number of ether oxygens (including phenoxy) is 1. The van der Waals surface area contributed by atoms with Crippen LogP contribution in [0.2, 0.25) is 10.0 Å². The van der Waals surface area contributed by atoms with Gasteiger partial charge < -0.3 is 10.1 Å². The monoisotopic (exact) mass is 309 g/mol. The molecule has 1 heterocycles. The lowest BCUT2D eigenvalue weighted by molar-refractivity contribution is 0.268. The van der Waals surface area contributed by atoms with Crippen LogP contribution in [-0.4, -0.2) is 19.2 Å². The summed E-state index contributed by atoms with van der Waals surface area (Å²) in [5, 5.41) is 4.54. The average molecular weight is 311 g/mol. The van der Waals surface area contributed by atoms with E-state index in [4.69, 9.17) is 27.9 Å². The van der Waals surface area contributed by atoms with Crippen LogP contribution in [0.15, 0.2) is 18.2 Å². The molecule has 2 rings (SSSR count). The minimum absolute atomic E-state index is 0. The molecular weight excluding hydrogens is 293 g/mol. The number of piperidine rings is 1. The fourth-order valence-corrected chi connectivity index (χ4v) is 2.42. The van der Waals surface area contributed by atoms with Crippen molar-refractivity contribution in [3.63, 3.8) is 0 Å². The van der Waals surface area contributed by atoms with Gasteiger partial charge in [-0.2, -0.15) is 0 Å². The van der Waals surface area contributed by atoms with Crippen molar-refractivity contribution >= 4 is 35.6 Å². The molecule has 2 nitrogen and oxygen atoms in total. The highest BCUT2D eigenvalue weighted by molar-refractivity contribution is 6.42. The first-order valence-electron chi connectivity index (χ1n) is 6.07. The summed E-state index contributed by atoms with van der Waals surface area (Å²) in [6.45, 7) is 1.81. The molecule has 0 aliphatic carbocycles. The SMILES string of the molecule is Cl.Clc1cccc(OCCC2CCCCN2)c1Cl. The van der Waals surface area contributed by atoms with E-state index in [-0.39, 0.29) is 12.4 Å². The maximum Gasteiger partial charge on any atom is 0.139 e. The van der Waals surface area contributed by atoms with Crippen molar-refractivity contribution in [3.05, 3.63) is 28.2 Å². The Morgan fingerprint density at radius 3 is 2.83 bits per heavy atom. The van der Waals surface area contributed by atoms with Gasteiger partial charge in [-0.1, -0.05) is 35.7 Å². The number of nitrogens with one attached hydrogen (secondary N) is 1. The van der Waals surface area contributed by atoms with Crippen LogP contribution in [0.25, 0.3) is 0 Å². The Labute approximate surface area is 124 Å². The average Bonchev–Trinajstić information content (AvgIpc) is 2.36. The Balaban J connectivity index is 0.00000162. The number of rotatable bonds is 4. The summed E-state index contributed by atoms with van der Waals surface area (Å²) in [6.07, 6.45) is 4.86. The molecular formula is C13H18Cl3NO. The van der Waals surface area contributed by atoms with E-state index in [0.717, 1.165) is 13.0 Å². The summed E-state index contributed by atoms with van der Waals surface area (Å²) >= 11 is 12.0. The molecule has 0 saturated carbocycles. The van der Waals surface area contributed by atoms with E-state index >= 15 is 0 Å². The van der Waals surface area contributed by atoms with Crippen LogP contribution in [-0.2, 0) is 0 Å². The van der Waals surface area contributed by atoms with E-state index in [0.29, 0.717) is 28.4 Å². The van der Waals surface area contributed by atoms with Gasteiger partial charge >= 0.3 is 0 Å². The minimum Gasteiger partial charge on any atom is -0.492 e. The van der Waals surface area contributed by atoms with Crippen molar-refractivity contribution in [2.24, 2.45) is 0 Å². The Morgan fingerprint density at radius 2 is 2.11 bits per heavy atom. The molecule has 102 valence electrons. The number of halogens is 3. The zero-order valence-electron chi connectivity index (χ0n) is 10.1. The highest BCUT2D eigenvalue weighted by atomic mass is 35.5. The molecule has 1 unspecified atom stereocenters. The normalized spacial score (nSPS) is 19.1. The molecule has 1 aromatic rings. The number of hydrogen-bond acceptors (Lipinski definition) is 2. The number of benzene rings is 1. The Morgan fingerprint density at radius 1 is 1.28 bits per heavy atom. The van der Waals surface area contributed by atoms with Crippen molar-refractivity contribution in [1.29, 1.82) is 0 Å². The van der Waals surface area contributed by atoms with Crippen molar-refractivity contribution in [3.8, 4) is 5.75 Å². The minimum atomic E-state index is 0. The van der Waals surface area contributed by atoms with Crippen LogP contribution in [0.1, 0.15) is 25.7 Å². The summed E-state index contributed by atoms with van der Waals surface area (Å²) in [7, 11) is 0. The molecule has 0 spiro atoms. The van der Waals surface area contributed by atoms with Gasteiger partial charge in [0.05, 0.1) is 11.6 Å². The topological polar surface area (TPSA) is 21.3 Å². The van der Waals surface area contributed by atoms with Crippen molar-refractivity contribution in [2.45, 2.75) is 31.7 Å². The Bertz CT molecular complexity index is 367. The molecule has 0 aromatic heterocycles. The van der Waals surface area contributed by atoms with Gasteiger partial charge in [0.25, 0.3) is 0 Å². The maximum atomic E-state index is 6.04. The van der Waals surface area contributed by atoms with Crippen LogP contribution in [0.4, 0.5) is 0 Å². The second kappa shape index (κ2) is 8.11. The standard InChI is InChI=1S/C13H17Cl2NO.ClH/c14-11-5-3-6-12(13(11)15)17-9-7-10-4-1-2-8-16-10;/h3,5-6,10,16H,1-2,4,7-9H2;1H. The van der Waals surface area contributed by atoms with Gasteiger partial charge in [0.2, 0.25) is 0 Å². The van der Waals surface area contributed by atoms with Crippen molar-refractivity contribution < 1.29 is 4.74 Å². The van der Waals surface area contributed by atoms with E-state index < -0.39 is 0 Å². The fourth-order valence-electron chi connectivity index (χ4n) is 2.08. The zero-order valence-corrected chi connectivity index (χ0v) is 12.5. The van der Waals surface area contributed by atoms with E-state index in [1.807, 2.05) is 12.1 Å². The van der Waals surface area contributed by atoms with Gasteiger partial charge in [0, 0.05) is 6.04 Å². The molecule has 5 heteroatoms. The quantitative estimate of drug-likeness (QED) is 0.894. The molecule has 0 radical (unpaired) electrons. The maximum absolute atomic E-state index is 6.04. The van der Waals surface area contributed by atoms with Crippen LogP contribution in [0, 0.1) is 0 Å². The highest BCUT2D eigenvalue weighted by Gasteiger charge is 2.12. The second-order valence-corrected chi connectivity index (χ2v) is 5.12. The van der Waals surface area contributed by atoms with E-state index in [2.05, 4.69) is 5.32 Å². The first-order chi connectivity index (χ1) is 8.27. The van der Waals surface area contributed by atoms with Crippen LogP contribution in [0.3, 0.4) is 0 Å². The molecule has 1 atom stereocenters. The van der Waals surface area contributed by atoms with E-state index in [9.17, 15) is 0 Å². The Kier molecular flexibility index (Phi) is 7.16. The molecule has 0 amide bonds. The van der Waals surface area contributed by atoms with Crippen LogP contribution in [0.5, 0.6) is 5.75 Å². The lowest BCUT2D eigenvalue weighted by Crippen LogP contribution is -2.35. The van der Waals surface area contributed by atoms with Crippen molar-refractivity contribution in [2.75, 3.05) is 13.2 Å². The summed E-state index contributed by atoms with van der Waals surface area (Å²) < 4.78 is 5.66. The molecule has 1 fully saturated rings. The summed E-state index contributed by atoms with van der Waals surface area (Å²) in [5.74, 6) is 0.676. The van der Waals surface area contributed by atoms with E-state index in [1.54, 1.807) is 6.07 Å². The first kappa shape index (κ1) is 15.9. The summed E-state index contributed by atoms with van der Waals surface area (Å²) in [6, 6.07) is 6.05. The molecule has 1 aliphatic heterocycles. The van der Waals surface area contributed by atoms with Gasteiger partial charge in [-0.25, -0.2) is 0 Å². The zero-order chi connectivity index (χ0) is 12.1. The second-order valence-electron chi connectivity index (χ2n) is 4.34. The molecule has 18 heavy (non-hydrogen) atoms. The van der Waals surface area contributed by atoms with Crippen LogP contribution >= 0.6 is 35.6 Å². The molecule has 1 aromatic carbocycles. The smallest absolute Gasteiger partial charge is 0.139 e. The predicted octanol–water partition coefficient (Wildman–Crippen LogP) is 4.33. The van der Waals surface area contributed by atoms with Gasteiger partial charge in [0.1, 0.15) is 10.8 Å².